The zero-order chi connectivity index (χ0) is 24.8. The number of rotatable bonds is 9. The fourth-order valence-electron chi connectivity index (χ4n) is 4.09. The molecule has 1 aliphatic heterocycles. The molecule has 1 unspecified atom stereocenters. The number of thiophene rings is 1. The van der Waals surface area contributed by atoms with E-state index in [0.717, 1.165) is 16.5 Å². The SMILES string of the molecule is COCCN(CC(=O)N1CCc2sccc2C1COc1ccc(F)cc1)C(=O)c1cccc(Br)c1. The predicted octanol–water partition coefficient (Wildman–Crippen LogP) is 4.94. The first-order valence-electron chi connectivity index (χ1n) is 11.2. The molecule has 6 nitrogen and oxygen atoms in total. The molecular formula is C26H26BrFN2O4S. The number of amides is 2. The Morgan fingerprint density at radius 3 is 2.74 bits per heavy atom. The number of fused-ring (bicyclic) bond motifs is 1. The molecule has 2 heterocycles. The molecule has 0 saturated heterocycles. The number of hydrogen-bond donors (Lipinski definition) is 0. The highest BCUT2D eigenvalue weighted by molar-refractivity contribution is 9.10. The lowest BCUT2D eigenvalue weighted by Crippen LogP contribution is -2.48. The minimum Gasteiger partial charge on any atom is -0.491 e. The van der Waals surface area contributed by atoms with Gasteiger partial charge in [0.2, 0.25) is 5.91 Å². The lowest BCUT2D eigenvalue weighted by atomic mass is 10.0. The molecule has 3 aromatic rings. The number of nitrogens with zero attached hydrogens (tertiary/aromatic N) is 2. The first kappa shape index (κ1) is 25.3. The minimum atomic E-state index is -0.335. The molecule has 0 bridgehead atoms. The number of hydrogen-bond acceptors (Lipinski definition) is 5. The molecule has 2 amide bonds. The summed E-state index contributed by atoms with van der Waals surface area (Å²) in [6.07, 6.45) is 0.753. The van der Waals surface area contributed by atoms with Crippen LogP contribution in [0.5, 0.6) is 5.75 Å². The molecule has 0 fully saturated rings. The van der Waals surface area contributed by atoms with Crippen LogP contribution in [0.3, 0.4) is 0 Å². The third-order valence-electron chi connectivity index (χ3n) is 5.89. The van der Waals surface area contributed by atoms with Crippen LogP contribution in [-0.2, 0) is 16.0 Å². The minimum absolute atomic E-state index is 0.0682. The van der Waals surface area contributed by atoms with Crippen LogP contribution in [0.2, 0.25) is 0 Å². The molecule has 0 saturated carbocycles. The maximum Gasteiger partial charge on any atom is 0.254 e. The molecule has 0 aliphatic carbocycles. The quantitative estimate of drug-likeness (QED) is 0.372. The Morgan fingerprint density at radius 1 is 1.20 bits per heavy atom. The van der Waals surface area contributed by atoms with Crippen molar-refractivity contribution in [1.29, 1.82) is 0 Å². The Kier molecular flexibility index (Phi) is 8.54. The van der Waals surface area contributed by atoms with E-state index in [4.69, 9.17) is 9.47 Å². The Morgan fingerprint density at radius 2 is 2.00 bits per heavy atom. The topological polar surface area (TPSA) is 59.1 Å². The average molecular weight is 561 g/mol. The summed E-state index contributed by atoms with van der Waals surface area (Å²) in [6.45, 7) is 1.31. The molecular weight excluding hydrogens is 535 g/mol. The van der Waals surface area contributed by atoms with Gasteiger partial charge in [0.05, 0.1) is 12.6 Å². The van der Waals surface area contributed by atoms with Crippen molar-refractivity contribution < 1.29 is 23.5 Å². The van der Waals surface area contributed by atoms with Gasteiger partial charge in [-0.3, -0.25) is 9.59 Å². The van der Waals surface area contributed by atoms with Crippen LogP contribution in [-0.4, -0.2) is 61.6 Å². The van der Waals surface area contributed by atoms with Gasteiger partial charge in [-0.15, -0.1) is 11.3 Å². The van der Waals surface area contributed by atoms with Gasteiger partial charge >= 0.3 is 0 Å². The molecule has 184 valence electrons. The van der Waals surface area contributed by atoms with Gasteiger partial charge < -0.3 is 19.3 Å². The van der Waals surface area contributed by atoms with E-state index in [1.807, 2.05) is 17.5 Å². The lowest BCUT2D eigenvalue weighted by molar-refractivity contribution is -0.135. The van der Waals surface area contributed by atoms with Crippen molar-refractivity contribution in [3.05, 3.63) is 86.3 Å². The van der Waals surface area contributed by atoms with Crippen LogP contribution in [0, 0.1) is 5.82 Å². The summed E-state index contributed by atoms with van der Waals surface area (Å²) in [7, 11) is 1.56. The summed E-state index contributed by atoms with van der Waals surface area (Å²) in [5.41, 5.74) is 1.55. The molecule has 4 rings (SSSR count). The lowest BCUT2D eigenvalue weighted by Gasteiger charge is -2.37. The van der Waals surface area contributed by atoms with E-state index in [0.29, 0.717) is 31.0 Å². The Hall–Kier alpha value is -2.75. The van der Waals surface area contributed by atoms with E-state index < -0.39 is 0 Å². The van der Waals surface area contributed by atoms with Gasteiger partial charge in [0.25, 0.3) is 5.91 Å². The van der Waals surface area contributed by atoms with Crippen LogP contribution >= 0.6 is 27.3 Å². The van der Waals surface area contributed by atoms with Crippen molar-refractivity contribution >= 4 is 39.1 Å². The Balaban J connectivity index is 1.52. The summed E-state index contributed by atoms with van der Waals surface area (Å²) in [4.78, 5) is 31.3. The number of methoxy groups -OCH3 is 1. The van der Waals surface area contributed by atoms with Gasteiger partial charge in [0.15, 0.2) is 0 Å². The maximum atomic E-state index is 13.6. The van der Waals surface area contributed by atoms with Crippen LogP contribution in [0.25, 0.3) is 0 Å². The fourth-order valence-corrected chi connectivity index (χ4v) is 5.42. The van der Waals surface area contributed by atoms with Gasteiger partial charge in [0, 0.05) is 35.1 Å². The number of halogens is 2. The van der Waals surface area contributed by atoms with Crippen molar-refractivity contribution in [2.24, 2.45) is 0 Å². The second-order valence-electron chi connectivity index (χ2n) is 8.15. The zero-order valence-electron chi connectivity index (χ0n) is 19.3. The third-order valence-corrected chi connectivity index (χ3v) is 7.38. The first-order chi connectivity index (χ1) is 17.0. The summed E-state index contributed by atoms with van der Waals surface area (Å²) >= 11 is 5.07. The van der Waals surface area contributed by atoms with Gasteiger partial charge in [-0.1, -0.05) is 22.0 Å². The van der Waals surface area contributed by atoms with Crippen molar-refractivity contribution in [2.75, 3.05) is 40.0 Å². The first-order valence-corrected chi connectivity index (χ1v) is 12.9. The van der Waals surface area contributed by atoms with Crippen molar-refractivity contribution in [3.8, 4) is 5.75 Å². The fraction of sp³-hybridized carbons (Fsp3) is 0.308. The van der Waals surface area contributed by atoms with Crippen LogP contribution in [0.4, 0.5) is 4.39 Å². The second kappa shape index (κ2) is 11.8. The van der Waals surface area contributed by atoms with Gasteiger partial charge in [0.1, 0.15) is 24.7 Å². The Labute approximate surface area is 216 Å². The molecule has 0 radical (unpaired) electrons. The van der Waals surface area contributed by atoms with Crippen molar-refractivity contribution in [2.45, 2.75) is 12.5 Å². The summed E-state index contributed by atoms with van der Waals surface area (Å²) in [5.74, 6) is -0.191. The largest absolute Gasteiger partial charge is 0.491 e. The van der Waals surface area contributed by atoms with E-state index in [9.17, 15) is 14.0 Å². The molecule has 1 aliphatic rings. The number of benzene rings is 2. The molecule has 0 spiro atoms. The predicted molar refractivity (Wildman–Crippen MR) is 136 cm³/mol. The van der Waals surface area contributed by atoms with Crippen LogP contribution < -0.4 is 4.74 Å². The second-order valence-corrected chi connectivity index (χ2v) is 10.1. The Bertz CT molecular complexity index is 1170. The van der Waals surface area contributed by atoms with Crippen molar-refractivity contribution in [3.63, 3.8) is 0 Å². The highest BCUT2D eigenvalue weighted by Gasteiger charge is 2.33. The standard InChI is InChI=1S/C26H26BrFN2O4S/c1-33-13-12-29(26(32)18-3-2-4-19(27)15-18)16-25(31)30-11-9-24-22(10-14-35-24)23(30)17-34-21-7-5-20(28)6-8-21/h2-8,10,14-15,23H,9,11-13,16-17H2,1H3. The van der Waals surface area contributed by atoms with E-state index in [-0.39, 0.29) is 36.8 Å². The highest BCUT2D eigenvalue weighted by Crippen LogP contribution is 2.34. The van der Waals surface area contributed by atoms with Gasteiger partial charge in [-0.25, -0.2) is 4.39 Å². The van der Waals surface area contributed by atoms with E-state index in [1.54, 1.807) is 53.7 Å². The number of carbonyl (C=O) groups is 2. The molecule has 9 heteroatoms. The molecule has 1 atom stereocenters. The van der Waals surface area contributed by atoms with E-state index in [2.05, 4.69) is 15.9 Å². The molecule has 35 heavy (non-hydrogen) atoms. The number of carbonyl (C=O) groups excluding carboxylic acids is 2. The number of ether oxygens (including phenoxy) is 2. The molecule has 2 aromatic carbocycles. The van der Waals surface area contributed by atoms with E-state index in [1.165, 1.54) is 21.9 Å². The average Bonchev–Trinajstić information content (AvgIpc) is 3.34. The summed E-state index contributed by atoms with van der Waals surface area (Å²) in [6, 6.07) is 14.7. The van der Waals surface area contributed by atoms with Gasteiger partial charge in [-0.2, -0.15) is 0 Å². The molecule has 0 N–H and O–H groups in total. The third kappa shape index (κ3) is 6.28. The van der Waals surface area contributed by atoms with Crippen LogP contribution in [0.1, 0.15) is 26.8 Å². The maximum absolute atomic E-state index is 13.6. The smallest absolute Gasteiger partial charge is 0.254 e. The monoisotopic (exact) mass is 560 g/mol. The van der Waals surface area contributed by atoms with Crippen LogP contribution in [0.15, 0.2) is 64.5 Å². The summed E-state index contributed by atoms with van der Waals surface area (Å²) < 4.78 is 25.2. The van der Waals surface area contributed by atoms with Gasteiger partial charge in [-0.05, 0) is 65.9 Å². The van der Waals surface area contributed by atoms with Crippen molar-refractivity contribution in [1.82, 2.24) is 9.80 Å². The summed E-state index contributed by atoms with van der Waals surface area (Å²) in [5, 5.41) is 2.02. The van der Waals surface area contributed by atoms with E-state index >= 15 is 0 Å². The highest BCUT2D eigenvalue weighted by atomic mass is 79.9. The zero-order valence-corrected chi connectivity index (χ0v) is 21.7. The molecule has 1 aromatic heterocycles. The normalized spacial score (nSPS) is 14.9.